The molecule has 25 heavy (non-hydrogen) atoms. The number of aromatic nitrogens is 2. The van der Waals surface area contributed by atoms with Crippen LogP contribution in [0.4, 0.5) is 4.39 Å². The van der Waals surface area contributed by atoms with Crippen LogP contribution in [0.3, 0.4) is 0 Å². The van der Waals surface area contributed by atoms with Crippen molar-refractivity contribution in [1.82, 2.24) is 9.97 Å². The second-order valence-corrected chi connectivity index (χ2v) is 8.64. The van der Waals surface area contributed by atoms with E-state index in [0.29, 0.717) is 11.3 Å². The summed E-state index contributed by atoms with van der Waals surface area (Å²) >= 11 is 0. The van der Waals surface area contributed by atoms with Crippen molar-refractivity contribution in [3.05, 3.63) is 48.5 Å². The second-order valence-electron chi connectivity index (χ2n) is 6.72. The Hall–Kier alpha value is -2.06. The van der Waals surface area contributed by atoms with Gasteiger partial charge < -0.3 is 9.84 Å². The summed E-state index contributed by atoms with van der Waals surface area (Å²) in [6.07, 6.45) is 4.43. The van der Waals surface area contributed by atoms with Gasteiger partial charge in [-0.25, -0.2) is 22.8 Å². The predicted molar refractivity (Wildman–Crippen MR) is 90.5 cm³/mol. The van der Waals surface area contributed by atoms with Crippen LogP contribution in [0.15, 0.2) is 47.9 Å². The van der Waals surface area contributed by atoms with E-state index in [2.05, 4.69) is 9.97 Å². The molecule has 8 heteroatoms. The van der Waals surface area contributed by atoms with Gasteiger partial charge in [-0.3, -0.25) is 0 Å². The SMILES string of the molecule is CC(C)(C)C(O)(COc1ccc(S(=O)(=O)CF)cc1)c1cncnc1. The third-order valence-electron chi connectivity index (χ3n) is 4.05. The number of hydrogen-bond donors (Lipinski definition) is 1. The quantitative estimate of drug-likeness (QED) is 0.843. The van der Waals surface area contributed by atoms with Gasteiger partial charge in [0.25, 0.3) is 0 Å². The van der Waals surface area contributed by atoms with E-state index in [1.807, 2.05) is 20.8 Å². The number of alkyl halides is 1. The Kier molecular flexibility index (Phi) is 5.43. The Morgan fingerprint density at radius 3 is 2.16 bits per heavy atom. The van der Waals surface area contributed by atoms with E-state index in [4.69, 9.17) is 4.74 Å². The molecular formula is C17H21FN2O4S. The third-order valence-corrected chi connectivity index (χ3v) is 5.33. The zero-order chi connectivity index (χ0) is 18.7. The first-order chi connectivity index (χ1) is 11.6. The van der Waals surface area contributed by atoms with Gasteiger partial charge in [0.1, 0.15) is 24.3 Å². The maximum absolute atomic E-state index is 12.5. The van der Waals surface area contributed by atoms with Crippen LogP contribution in [0.2, 0.25) is 0 Å². The summed E-state index contributed by atoms with van der Waals surface area (Å²) in [6, 6.07) is 3.93. The Labute approximate surface area is 146 Å². The molecule has 1 unspecified atom stereocenters. The van der Waals surface area contributed by atoms with Crippen molar-refractivity contribution < 1.29 is 22.7 Å². The van der Waals surface area contributed by atoms with Gasteiger partial charge in [0, 0.05) is 18.0 Å². The molecule has 1 N–H and O–H groups in total. The Morgan fingerprint density at radius 1 is 1.12 bits per heavy atom. The summed E-state index contributed by atoms with van der Waals surface area (Å²) in [4.78, 5) is 7.76. The van der Waals surface area contributed by atoms with Crippen LogP contribution in [0, 0.1) is 5.41 Å². The van der Waals surface area contributed by atoms with Crippen LogP contribution < -0.4 is 4.74 Å². The van der Waals surface area contributed by atoms with Crippen molar-refractivity contribution in [3.8, 4) is 5.75 Å². The normalized spacial score (nSPS) is 14.8. The summed E-state index contributed by atoms with van der Waals surface area (Å²) in [5.41, 5.74) is -1.42. The van der Waals surface area contributed by atoms with Gasteiger partial charge in [0.15, 0.2) is 6.01 Å². The number of rotatable bonds is 6. The lowest BCUT2D eigenvalue weighted by Crippen LogP contribution is -2.45. The Balaban J connectivity index is 2.22. The topological polar surface area (TPSA) is 89.4 Å². The average molecular weight is 368 g/mol. The molecule has 1 atom stereocenters. The number of ether oxygens (including phenoxy) is 1. The Morgan fingerprint density at radius 2 is 1.68 bits per heavy atom. The number of halogens is 1. The smallest absolute Gasteiger partial charge is 0.207 e. The molecule has 1 heterocycles. The third kappa shape index (κ3) is 4.13. The summed E-state index contributed by atoms with van der Waals surface area (Å²) in [6.45, 7) is 5.50. The summed E-state index contributed by atoms with van der Waals surface area (Å²) in [5.74, 6) is 0.359. The standard InChI is InChI=1S/C17H21FN2O4S/c1-16(2,3)17(21,13-8-19-12-20-9-13)10-24-14-4-6-15(7-5-14)25(22,23)11-18/h4-9,12,21H,10-11H2,1-3H3. The van der Waals surface area contributed by atoms with Crippen LogP contribution in [0.25, 0.3) is 0 Å². The summed E-state index contributed by atoms with van der Waals surface area (Å²) < 4.78 is 41.1. The maximum atomic E-state index is 12.5. The highest BCUT2D eigenvalue weighted by Gasteiger charge is 2.43. The molecular weight excluding hydrogens is 347 g/mol. The van der Waals surface area contributed by atoms with E-state index in [-0.39, 0.29) is 11.5 Å². The molecule has 1 aromatic carbocycles. The lowest BCUT2D eigenvalue weighted by Gasteiger charge is -2.39. The zero-order valence-electron chi connectivity index (χ0n) is 14.3. The van der Waals surface area contributed by atoms with Gasteiger partial charge in [-0.2, -0.15) is 0 Å². The van der Waals surface area contributed by atoms with Crippen LogP contribution in [0.5, 0.6) is 5.75 Å². The molecule has 6 nitrogen and oxygen atoms in total. The first kappa shape index (κ1) is 19.3. The van der Waals surface area contributed by atoms with Crippen LogP contribution in [-0.2, 0) is 15.4 Å². The molecule has 0 saturated heterocycles. The number of hydrogen-bond acceptors (Lipinski definition) is 6. The van der Waals surface area contributed by atoms with Crippen LogP contribution >= 0.6 is 0 Å². The van der Waals surface area contributed by atoms with Crippen molar-refractivity contribution in [1.29, 1.82) is 0 Å². The molecule has 136 valence electrons. The number of nitrogens with zero attached hydrogens (tertiary/aromatic N) is 2. The molecule has 0 aliphatic heterocycles. The van der Waals surface area contributed by atoms with Crippen molar-refractivity contribution in [2.45, 2.75) is 31.3 Å². The predicted octanol–water partition coefficient (Wildman–Crippen LogP) is 2.49. The van der Waals surface area contributed by atoms with E-state index in [1.165, 1.54) is 43.0 Å². The fourth-order valence-corrected chi connectivity index (χ4v) is 2.92. The minimum atomic E-state index is -3.91. The fraction of sp³-hybridized carbons (Fsp3) is 0.412. The number of sulfone groups is 1. The van der Waals surface area contributed by atoms with Crippen molar-refractivity contribution >= 4 is 9.84 Å². The first-order valence-electron chi connectivity index (χ1n) is 7.59. The van der Waals surface area contributed by atoms with E-state index >= 15 is 0 Å². The highest BCUT2D eigenvalue weighted by Crippen LogP contribution is 2.39. The minimum Gasteiger partial charge on any atom is -0.490 e. The molecule has 0 spiro atoms. The maximum Gasteiger partial charge on any atom is 0.207 e. The number of aliphatic hydroxyl groups is 1. The highest BCUT2D eigenvalue weighted by atomic mass is 32.2. The molecule has 2 aromatic rings. The van der Waals surface area contributed by atoms with Crippen LogP contribution in [-0.4, -0.2) is 36.1 Å². The molecule has 0 radical (unpaired) electrons. The molecule has 0 saturated carbocycles. The average Bonchev–Trinajstić information content (AvgIpc) is 2.59. The fourth-order valence-electron chi connectivity index (χ4n) is 2.24. The molecule has 1 aromatic heterocycles. The summed E-state index contributed by atoms with van der Waals surface area (Å²) in [5, 5.41) is 11.2. The zero-order valence-corrected chi connectivity index (χ0v) is 15.1. The number of benzene rings is 1. The van der Waals surface area contributed by atoms with Crippen molar-refractivity contribution in [3.63, 3.8) is 0 Å². The van der Waals surface area contributed by atoms with Gasteiger partial charge in [-0.15, -0.1) is 0 Å². The van der Waals surface area contributed by atoms with Crippen LogP contribution in [0.1, 0.15) is 26.3 Å². The molecule has 0 aliphatic carbocycles. The van der Waals surface area contributed by atoms with Gasteiger partial charge in [0.2, 0.25) is 9.84 Å². The molecule has 0 aliphatic rings. The lowest BCUT2D eigenvalue weighted by molar-refractivity contribution is -0.0949. The van der Waals surface area contributed by atoms with E-state index in [1.54, 1.807) is 0 Å². The second kappa shape index (κ2) is 7.05. The van der Waals surface area contributed by atoms with E-state index in [0.717, 1.165) is 0 Å². The van der Waals surface area contributed by atoms with Gasteiger partial charge in [-0.05, 0) is 29.7 Å². The highest BCUT2D eigenvalue weighted by molar-refractivity contribution is 7.91. The van der Waals surface area contributed by atoms with Gasteiger partial charge in [0.05, 0.1) is 4.90 Å². The van der Waals surface area contributed by atoms with E-state index in [9.17, 15) is 17.9 Å². The van der Waals surface area contributed by atoms with E-state index < -0.39 is 26.9 Å². The van der Waals surface area contributed by atoms with Gasteiger partial charge in [-0.1, -0.05) is 20.8 Å². The summed E-state index contributed by atoms with van der Waals surface area (Å²) in [7, 11) is -3.91. The lowest BCUT2D eigenvalue weighted by atomic mass is 9.73. The molecule has 0 bridgehead atoms. The minimum absolute atomic E-state index is 0.0842. The van der Waals surface area contributed by atoms with Crippen molar-refractivity contribution in [2.24, 2.45) is 5.41 Å². The first-order valence-corrected chi connectivity index (χ1v) is 9.25. The molecule has 0 fully saturated rings. The van der Waals surface area contributed by atoms with Crippen molar-refractivity contribution in [2.75, 3.05) is 12.6 Å². The molecule has 0 amide bonds. The largest absolute Gasteiger partial charge is 0.490 e. The monoisotopic (exact) mass is 368 g/mol. The van der Waals surface area contributed by atoms with Gasteiger partial charge >= 0.3 is 0 Å². The Bertz CT molecular complexity index is 805. The molecule has 2 rings (SSSR count).